The van der Waals surface area contributed by atoms with Gasteiger partial charge < -0.3 is 10.4 Å². The lowest BCUT2D eigenvalue weighted by atomic mass is 10.0. The van der Waals surface area contributed by atoms with E-state index >= 15 is 0 Å². The van der Waals surface area contributed by atoms with Gasteiger partial charge in [-0.3, -0.25) is 5.10 Å². The van der Waals surface area contributed by atoms with Crippen LogP contribution in [0.4, 0.5) is 5.69 Å². The van der Waals surface area contributed by atoms with Gasteiger partial charge in [0.25, 0.3) is 0 Å². The predicted molar refractivity (Wildman–Crippen MR) is 81.0 cm³/mol. The van der Waals surface area contributed by atoms with Crippen molar-refractivity contribution in [2.75, 3.05) is 5.32 Å². The lowest BCUT2D eigenvalue weighted by Crippen LogP contribution is -2.07. The number of nitrogens with zero attached hydrogens (tertiary/aromatic N) is 1. The van der Waals surface area contributed by atoms with Crippen LogP contribution in [-0.2, 0) is 0 Å². The normalized spacial score (nSPS) is 12.5. The molecule has 1 unspecified atom stereocenters. The van der Waals surface area contributed by atoms with Gasteiger partial charge in [0.15, 0.2) is 0 Å². The summed E-state index contributed by atoms with van der Waals surface area (Å²) < 4.78 is 0. The molecule has 102 valence electrons. The van der Waals surface area contributed by atoms with Crippen LogP contribution >= 0.6 is 0 Å². The Hall–Kier alpha value is -2.49. The summed E-state index contributed by atoms with van der Waals surface area (Å²) in [4.78, 5) is 0. The van der Waals surface area contributed by atoms with E-state index in [0.29, 0.717) is 5.75 Å². The minimum absolute atomic E-state index is 0.0271. The van der Waals surface area contributed by atoms with Crippen molar-refractivity contribution in [1.82, 2.24) is 10.2 Å². The number of nitrogens with one attached hydrogen (secondary N) is 2. The summed E-state index contributed by atoms with van der Waals surface area (Å²) in [5, 5.41) is 21.4. The predicted octanol–water partition coefficient (Wildman–Crippen LogP) is 3.75. The quantitative estimate of drug-likeness (QED) is 0.677. The Morgan fingerprint density at radius 1 is 1.20 bits per heavy atom. The zero-order valence-electron chi connectivity index (χ0n) is 11.5. The maximum Gasteiger partial charge on any atom is 0.120 e. The molecular weight excluding hydrogens is 250 g/mol. The summed E-state index contributed by atoms with van der Waals surface area (Å²) in [6.45, 7) is 4.06. The van der Waals surface area contributed by atoms with Crippen molar-refractivity contribution in [3.8, 4) is 5.75 Å². The van der Waals surface area contributed by atoms with Crippen molar-refractivity contribution < 1.29 is 5.11 Å². The van der Waals surface area contributed by atoms with Gasteiger partial charge in [0.05, 0.1) is 17.8 Å². The van der Waals surface area contributed by atoms with E-state index in [1.54, 1.807) is 12.3 Å². The average Bonchev–Trinajstić information content (AvgIpc) is 2.89. The average molecular weight is 267 g/mol. The fourth-order valence-corrected chi connectivity index (χ4v) is 2.38. The number of H-pyrrole nitrogens is 1. The first-order chi connectivity index (χ1) is 9.63. The van der Waals surface area contributed by atoms with Gasteiger partial charge >= 0.3 is 0 Å². The number of phenols is 1. The molecule has 0 aliphatic heterocycles. The van der Waals surface area contributed by atoms with Gasteiger partial charge in [-0.05, 0) is 38.1 Å². The summed E-state index contributed by atoms with van der Waals surface area (Å²) in [5.41, 5.74) is 4.06. The number of phenolic OH excluding ortho intramolecular Hbond substituents is 1. The van der Waals surface area contributed by atoms with E-state index in [1.807, 2.05) is 44.2 Å². The van der Waals surface area contributed by atoms with E-state index in [-0.39, 0.29) is 6.04 Å². The SMILES string of the molecule is Cc1ccc(O)c(C(C)Nc2ccc3[nH]ncc3c2)c1. The number of anilines is 1. The van der Waals surface area contributed by atoms with Crippen molar-refractivity contribution in [2.45, 2.75) is 19.9 Å². The number of hydrogen-bond donors (Lipinski definition) is 3. The van der Waals surface area contributed by atoms with Crippen molar-refractivity contribution in [2.24, 2.45) is 0 Å². The van der Waals surface area contributed by atoms with E-state index in [1.165, 1.54) is 0 Å². The number of rotatable bonds is 3. The molecule has 0 saturated carbocycles. The smallest absolute Gasteiger partial charge is 0.120 e. The summed E-state index contributed by atoms with van der Waals surface area (Å²) in [6.07, 6.45) is 1.80. The van der Waals surface area contributed by atoms with Crippen LogP contribution in [0.25, 0.3) is 10.9 Å². The first-order valence-corrected chi connectivity index (χ1v) is 6.62. The highest BCUT2D eigenvalue weighted by Gasteiger charge is 2.10. The molecule has 0 saturated heterocycles. The second-order valence-corrected chi connectivity index (χ2v) is 5.10. The second kappa shape index (κ2) is 4.89. The topological polar surface area (TPSA) is 60.9 Å². The van der Waals surface area contributed by atoms with Crippen molar-refractivity contribution in [3.63, 3.8) is 0 Å². The van der Waals surface area contributed by atoms with E-state index in [2.05, 4.69) is 15.5 Å². The molecule has 0 fully saturated rings. The molecule has 2 aromatic carbocycles. The van der Waals surface area contributed by atoms with Crippen LogP contribution in [0.3, 0.4) is 0 Å². The third-order valence-electron chi connectivity index (χ3n) is 3.47. The molecule has 0 bridgehead atoms. The Morgan fingerprint density at radius 2 is 2.05 bits per heavy atom. The van der Waals surface area contributed by atoms with Gasteiger partial charge in [0.1, 0.15) is 5.75 Å². The number of aromatic amines is 1. The number of fused-ring (bicyclic) bond motifs is 1. The molecule has 3 N–H and O–H groups in total. The fourth-order valence-electron chi connectivity index (χ4n) is 2.38. The summed E-state index contributed by atoms with van der Waals surface area (Å²) in [6, 6.07) is 11.7. The maximum absolute atomic E-state index is 9.97. The Morgan fingerprint density at radius 3 is 2.90 bits per heavy atom. The van der Waals surface area contributed by atoms with E-state index in [9.17, 15) is 5.11 Å². The number of hydrogen-bond acceptors (Lipinski definition) is 3. The molecule has 0 amide bonds. The van der Waals surface area contributed by atoms with Crippen molar-refractivity contribution >= 4 is 16.6 Å². The molecule has 1 heterocycles. The van der Waals surface area contributed by atoms with Crippen LogP contribution in [-0.4, -0.2) is 15.3 Å². The number of aryl methyl sites for hydroxylation is 1. The maximum atomic E-state index is 9.97. The largest absolute Gasteiger partial charge is 0.508 e. The Balaban J connectivity index is 1.87. The van der Waals surface area contributed by atoms with E-state index in [4.69, 9.17) is 0 Å². The molecule has 1 atom stereocenters. The Labute approximate surface area is 117 Å². The minimum atomic E-state index is 0.0271. The standard InChI is InChI=1S/C16H17N3O/c1-10-3-6-16(20)14(7-10)11(2)18-13-4-5-15-12(8-13)9-17-19-15/h3-9,11,18,20H,1-2H3,(H,17,19). The highest BCUT2D eigenvalue weighted by atomic mass is 16.3. The molecule has 0 radical (unpaired) electrons. The monoisotopic (exact) mass is 267 g/mol. The van der Waals surface area contributed by atoms with E-state index in [0.717, 1.165) is 27.7 Å². The van der Waals surface area contributed by atoms with Crippen molar-refractivity contribution in [3.05, 3.63) is 53.7 Å². The first-order valence-electron chi connectivity index (χ1n) is 6.62. The third-order valence-corrected chi connectivity index (χ3v) is 3.47. The molecule has 3 aromatic rings. The van der Waals surface area contributed by atoms with Crippen LogP contribution in [0.15, 0.2) is 42.6 Å². The fraction of sp³-hybridized carbons (Fsp3) is 0.188. The molecule has 0 aliphatic rings. The lowest BCUT2D eigenvalue weighted by molar-refractivity contribution is 0.465. The van der Waals surface area contributed by atoms with Crippen LogP contribution in [0, 0.1) is 6.92 Å². The molecule has 4 heteroatoms. The molecule has 1 aromatic heterocycles. The third kappa shape index (κ3) is 2.32. The van der Waals surface area contributed by atoms with Gasteiger partial charge in [0.2, 0.25) is 0 Å². The minimum Gasteiger partial charge on any atom is -0.508 e. The highest BCUT2D eigenvalue weighted by molar-refractivity contribution is 5.81. The van der Waals surface area contributed by atoms with E-state index < -0.39 is 0 Å². The summed E-state index contributed by atoms with van der Waals surface area (Å²) in [7, 11) is 0. The zero-order valence-corrected chi connectivity index (χ0v) is 11.5. The van der Waals surface area contributed by atoms with Gasteiger partial charge in [-0.15, -0.1) is 0 Å². The van der Waals surface area contributed by atoms with Crippen molar-refractivity contribution in [1.29, 1.82) is 0 Å². The van der Waals surface area contributed by atoms with Gasteiger partial charge in [-0.1, -0.05) is 17.7 Å². The van der Waals surface area contributed by atoms with Crippen LogP contribution < -0.4 is 5.32 Å². The molecule has 4 nitrogen and oxygen atoms in total. The number of aromatic hydroxyl groups is 1. The number of aromatic nitrogens is 2. The van der Waals surface area contributed by atoms with Crippen LogP contribution in [0.1, 0.15) is 24.1 Å². The Kier molecular flexibility index (Phi) is 3.06. The molecule has 20 heavy (non-hydrogen) atoms. The molecule has 3 rings (SSSR count). The zero-order chi connectivity index (χ0) is 14.1. The molecule has 0 aliphatic carbocycles. The molecule has 0 spiro atoms. The van der Waals surface area contributed by atoms with Gasteiger partial charge in [-0.25, -0.2) is 0 Å². The molecular formula is C16H17N3O. The number of benzene rings is 2. The highest BCUT2D eigenvalue weighted by Crippen LogP contribution is 2.28. The summed E-state index contributed by atoms with van der Waals surface area (Å²) in [5.74, 6) is 0.319. The lowest BCUT2D eigenvalue weighted by Gasteiger charge is -2.17. The van der Waals surface area contributed by atoms with Crippen LogP contribution in [0.5, 0.6) is 5.75 Å². The van der Waals surface area contributed by atoms with Gasteiger partial charge in [0, 0.05) is 16.6 Å². The van der Waals surface area contributed by atoms with Crippen LogP contribution in [0.2, 0.25) is 0 Å². The second-order valence-electron chi connectivity index (χ2n) is 5.10. The summed E-state index contributed by atoms with van der Waals surface area (Å²) >= 11 is 0. The Bertz CT molecular complexity index is 748. The van der Waals surface area contributed by atoms with Gasteiger partial charge in [-0.2, -0.15) is 5.10 Å². The first kappa shape index (κ1) is 12.5.